The summed E-state index contributed by atoms with van der Waals surface area (Å²) in [6, 6.07) is 0. The van der Waals surface area contributed by atoms with E-state index in [1.165, 1.54) is 12.8 Å². The molecule has 18 heavy (non-hydrogen) atoms. The van der Waals surface area contributed by atoms with E-state index in [0.29, 0.717) is 0 Å². The first-order chi connectivity index (χ1) is 7.83. The van der Waals surface area contributed by atoms with Crippen molar-refractivity contribution in [3.05, 3.63) is 23.8 Å². The summed E-state index contributed by atoms with van der Waals surface area (Å²) < 4.78 is 9.64. The van der Waals surface area contributed by atoms with Crippen LogP contribution in [-0.4, -0.2) is 41.4 Å². The average molecular weight is 358 g/mol. The Bertz CT molecular complexity index is 78.9. The summed E-state index contributed by atoms with van der Waals surface area (Å²) in [7, 11) is 7.00. The molecule has 2 aliphatic heterocycles. The van der Waals surface area contributed by atoms with Crippen molar-refractivity contribution >= 4 is 12.4 Å². The van der Waals surface area contributed by atoms with Gasteiger partial charge in [0.15, 0.2) is 0 Å². The monoisotopic (exact) mass is 356 g/mol. The van der Waals surface area contributed by atoms with E-state index in [2.05, 4.69) is 10.6 Å². The van der Waals surface area contributed by atoms with Crippen molar-refractivity contribution in [3.8, 4) is 0 Å². The molecule has 2 saturated heterocycles. The van der Waals surface area contributed by atoms with E-state index >= 15 is 0 Å². The van der Waals surface area contributed by atoms with Crippen molar-refractivity contribution in [3.63, 3.8) is 0 Å². The molecule has 0 radical (unpaired) electrons. The Morgan fingerprint density at radius 1 is 0.778 bits per heavy atom. The van der Waals surface area contributed by atoms with Crippen molar-refractivity contribution in [2.75, 3.05) is 41.4 Å². The Labute approximate surface area is 138 Å². The van der Waals surface area contributed by atoms with E-state index in [-0.39, 0.29) is 38.6 Å². The summed E-state index contributed by atoms with van der Waals surface area (Å²) in [5, 5.41) is 7.00. The quantitative estimate of drug-likeness (QED) is 0.622. The van der Waals surface area contributed by atoms with E-state index in [4.69, 9.17) is 9.47 Å². The van der Waals surface area contributed by atoms with Gasteiger partial charge in [0.1, 0.15) is 0 Å². The Balaban J connectivity index is -0.0000000725. The first-order valence-electron chi connectivity index (χ1n) is 5.65. The molecule has 6 heteroatoms. The number of hydrogen-bond donors (Lipinski definition) is 0. The zero-order chi connectivity index (χ0) is 12.5. The third kappa shape index (κ3) is 36.0. The van der Waals surface area contributed by atoms with Crippen molar-refractivity contribution in [2.24, 2.45) is 0 Å². The molecule has 108 valence electrons. The summed E-state index contributed by atoms with van der Waals surface area (Å²) in [4.78, 5) is 0. The smallest absolute Gasteiger partial charge is 0.668 e. The minimum absolute atomic E-state index is 0. The molecule has 0 aromatic carbocycles. The van der Waals surface area contributed by atoms with Crippen LogP contribution in [0.4, 0.5) is 0 Å². The summed E-state index contributed by atoms with van der Waals surface area (Å²) in [5.74, 6) is 0. The Morgan fingerprint density at radius 2 is 1.06 bits per heavy atom. The predicted molar refractivity (Wildman–Crippen MR) is 76.6 cm³/mol. The van der Waals surface area contributed by atoms with Gasteiger partial charge in [-0.15, -0.1) is 12.4 Å². The van der Waals surface area contributed by atoms with Gasteiger partial charge in [-0.1, -0.05) is 12.8 Å². The first-order valence-corrected chi connectivity index (χ1v) is 5.65. The van der Waals surface area contributed by atoms with Crippen LogP contribution in [0, 0.1) is 13.2 Å². The average Bonchev–Trinajstić information content (AvgIpc) is 3.00. The summed E-state index contributed by atoms with van der Waals surface area (Å²) in [5.41, 5.74) is 0. The van der Waals surface area contributed by atoms with Gasteiger partial charge in [0.2, 0.25) is 0 Å². The van der Waals surface area contributed by atoms with Crippen LogP contribution in [0.5, 0.6) is 0 Å². The molecule has 0 amide bonds. The third-order valence-corrected chi connectivity index (χ3v) is 1.40. The van der Waals surface area contributed by atoms with Crippen molar-refractivity contribution in [2.45, 2.75) is 25.7 Å². The maximum atomic E-state index is 4.82. The summed E-state index contributed by atoms with van der Waals surface area (Å²) in [6.45, 7) is 5.61. The van der Waals surface area contributed by atoms with Crippen molar-refractivity contribution in [1.29, 1.82) is 0 Å². The molecule has 4 nitrogen and oxygen atoms in total. The van der Waals surface area contributed by atoms with Crippen molar-refractivity contribution in [1.82, 2.24) is 0 Å². The van der Waals surface area contributed by atoms with Crippen LogP contribution in [0.3, 0.4) is 0 Å². The molecule has 0 unspecified atom stereocenters. The van der Waals surface area contributed by atoms with E-state index in [0.717, 1.165) is 26.1 Å². The van der Waals surface area contributed by atoms with Crippen LogP contribution in [-0.2, 0) is 35.7 Å². The van der Waals surface area contributed by atoms with Gasteiger partial charge in [0.05, 0.1) is 0 Å². The minimum Gasteiger partial charge on any atom is -0.668 e. The van der Waals surface area contributed by atoms with Gasteiger partial charge in [0, 0.05) is 13.2 Å². The summed E-state index contributed by atoms with van der Waals surface area (Å²) >= 11 is 0. The van der Waals surface area contributed by atoms with E-state index in [9.17, 15) is 0 Å². The number of nitrogens with zero attached hydrogens (tertiary/aromatic N) is 2. The topological polar surface area (TPSA) is 46.7 Å². The van der Waals surface area contributed by atoms with Gasteiger partial charge >= 0.3 is 26.2 Å². The van der Waals surface area contributed by atoms with Gasteiger partial charge in [-0.05, 0) is 0 Å². The van der Waals surface area contributed by atoms with Gasteiger partial charge in [-0.3, -0.25) is 0 Å². The molecule has 2 rings (SSSR count). The molecule has 0 aromatic heterocycles. The first kappa shape index (κ1) is 27.4. The minimum atomic E-state index is 0. The van der Waals surface area contributed by atoms with Crippen LogP contribution in [0.1, 0.15) is 25.7 Å². The van der Waals surface area contributed by atoms with Crippen molar-refractivity contribution < 1.29 is 35.7 Å². The second-order valence-corrected chi connectivity index (χ2v) is 3.25. The SMILES string of the molecule is C[N-]C.C[N-]C.Cl.[CH-]1CCCO1.[CH-]1CCCO1.[Zr+4]. The van der Waals surface area contributed by atoms with Gasteiger partial charge < -0.3 is 20.1 Å². The zero-order valence-corrected chi connectivity index (χ0v) is 15.3. The molecule has 0 atom stereocenters. The second-order valence-electron chi connectivity index (χ2n) is 3.25. The summed E-state index contributed by atoms with van der Waals surface area (Å²) in [6.07, 6.45) is 4.75. The van der Waals surface area contributed by atoms with Gasteiger partial charge in [0.25, 0.3) is 0 Å². The predicted octanol–water partition coefficient (Wildman–Crippen LogP) is 3.58. The molecule has 0 spiro atoms. The molecule has 2 heterocycles. The standard InChI is InChI=1S/2C4H7O.2C2H6N.ClH.Zr/c2*1-2-4-5-3-1;2*1-3-2;;/h2*3H,1-2,4H2;2*1-2H3;1H;/q4*-1;;+4. The second kappa shape index (κ2) is 30.8. The molecule has 0 aromatic rings. The van der Waals surface area contributed by atoms with Crippen LogP contribution < -0.4 is 0 Å². The van der Waals surface area contributed by atoms with Gasteiger partial charge in [-0.2, -0.15) is 41.0 Å². The molecule has 0 saturated carbocycles. The molecular formula is C12H27ClN2O2Zr. The Kier molecular flexibility index (Phi) is 46.8. The van der Waals surface area contributed by atoms with E-state index in [1.807, 2.05) is 13.2 Å². The fourth-order valence-corrected chi connectivity index (χ4v) is 0.833. The normalized spacial score (nSPS) is 15.3. The fourth-order valence-electron chi connectivity index (χ4n) is 0.833. The van der Waals surface area contributed by atoms with Crippen LogP contribution in [0.15, 0.2) is 0 Å². The van der Waals surface area contributed by atoms with Gasteiger partial charge in [-0.25, -0.2) is 13.2 Å². The third-order valence-electron chi connectivity index (χ3n) is 1.40. The molecule has 2 aliphatic rings. The Hall–Kier alpha value is 1.01. The number of ether oxygens (including phenoxy) is 2. The molecular weight excluding hydrogens is 331 g/mol. The molecule has 2 fully saturated rings. The largest absolute Gasteiger partial charge is 4.00 e. The maximum absolute atomic E-state index is 4.82. The number of rotatable bonds is 0. The molecule has 0 aliphatic carbocycles. The fraction of sp³-hybridized carbons (Fsp3) is 0.833. The van der Waals surface area contributed by atoms with E-state index < -0.39 is 0 Å². The van der Waals surface area contributed by atoms with E-state index in [1.54, 1.807) is 28.2 Å². The van der Waals surface area contributed by atoms with Crippen LogP contribution >= 0.6 is 12.4 Å². The zero-order valence-electron chi connectivity index (χ0n) is 12.0. The number of halogens is 1. The van der Waals surface area contributed by atoms with Crippen LogP contribution in [0.2, 0.25) is 0 Å². The number of hydrogen-bond acceptors (Lipinski definition) is 2. The van der Waals surface area contributed by atoms with Crippen LogP contribution in [0.25, 0.3) is 10.6 Å². The Morgan fingerprint density at radius 3 is 1.11 bits per heavy atom. The maximum Gasteiger partial charge on any atom is 4.00 e. The molecule has 0 N–H and O–H groups in total. The molecule has 0 bridgehead atoms.